The maximum atomic E-state index is 9.64. The zero-order chi connectivity index (χ0) is 28.8. The molecule has 0 saturated carbocycles. The van der Waals surface area contributed by atoms with Gasteiger partial charge >= 0.3 is 11.9 Å². The van der Waals surface area contributed by atoms with Gasteiger partial charge in [0.2, 0.25) is 0 Å². The molecular formula is C26H31ClN2O5S. The normalized spacial score (nSPS) is 19.2. The first-order valence-corrected chi connectivity index (χ1v) is 12.4. The molecule has 0 aliphatic carbocycles. The number of nitrogens with zero attached hydrogens (tertiary/aromatic N) is 2. The molecule has 1 fully saturated rings. The Morgan fingerprint density at radius 1 is 0.971 bits per heavy atom. The smallest absolute Gasteiger partial charge is 0.303 e. The number of carbonyl (C=O) groups is 2. The third kappa shape index (κ3) is 8.37. The summed E-state index contributed by atoms with van der Waals surface area (Å²) in [6, 6.07) is 14.4. The van der Waals surface area contributed by atoms with Crippen LogP contribution in [0.3, 0.4) is 0 Å². The minimum atomic E-state index is -2.89. The van der Waals surface area contributed by atoms with E-state index in [1.54, 1.807) is 11.8 Å². The lowest BCUT2D eigenvalue weighted by Crippen LogP contribution is -2.47. The Hall–Kier alpha value is -2.36. The van der Waals surface area contributed by atoms with Gasteiger partial charge in [0.1, 0.15) is 0 Å². The zero-order valence-corrected chi connectivity index (χ0v) is 20.7. The Morgan fingerprint density at radius 2 is 1.60 bits per heavy atom. The number of piperazine rings is 1. The number of β-amino-alcohol motifs (C(OH)–C–C–N with tert-alkyl or cyclic N) is 1. The van der Waals surface area contributed by atoms with Crippen molar-refractivity contribution >= 4 is 40.9 Å². The van der Waals surface area contributed by atoms with Gasteiger partial charge in [-0.05, 0) is 47.4 Å². The molecule has 0 spiro atoms. The van der Waals surface area contributed by atoms with Crippen LogP contribution >= 0.6 is 23.4 Å². The predicted molar refractivity (Wildman–Crippen MR) is 138 cm³/mol. The molecule has 0 aromatic heterocycles. The first kappa shape index (κ1) is 21.9. The quantitative estimate of drug-likeness (QED) is 0.405. The van der Waals surface area contributed by atoms with E-state index < -0.39 is 25.0 Å². The van der Waals surface area contributed by atoms with Crippen molar-refractivity contribution in [2.24, 2.45) is 0 Å². The summed E-state index contributed by atoms with van der Waals surface area (Å²) in [5.41, 5.74) is 3.56. The van der Waals surface area contributed by atoms with E-state index in [2.05, 4.69) is 41.3 Å². The second kappa shape index (κ2) is 13.7. The lowest BCUT2D eigenvalue weighted by molar-refractivity contribution is -0.143. The van der Waals surface area contributed by atoms with Crippen LogP contribution in [0.4, 0.5) is 0 Å². The number of rotatable bonds is 8. The lowest BCUT2D eigenvalue weighted by atomic mass is 9.96. The number of fused-ring (bicyclic) bond motifs is 2. The van der Waals surface area contributed by atoms with Crippen molar-refractivity contribution in [2.45, 2.75) is 29.1 Å². The number of carboxylic acids is 2. The van der Waals surface area contributed by atoms with Crippen LogP contribution in [-0.4, -0.2) is 82.8 Å². The van der Waals surface area contributed by atoms with Crippen LogP contribution in [0, 0.1) is 0 Å². The van der Waals surface area contributed by atoms with Gasteiger partial charge in [-0.3, -0.25) is 14.5 Å². The number of aliphatic hydroxyl groups is 1. The van der Waals surface area contributed by atoms with Gasteiger partial charge in [0, 0.05) is 56.8 Å². The van der Waals surface area contributed by atoms with Crippen molar-refractivity contribution in [3.63, 3.8) is 0 Å². The average Bonchev–Trinajstić information content (AvgIpc) is 2.87. The summed E-state index contributed by atoms with van der Waals surface area (Å²) in [6.07, 6.45) is 2.50. The Labute approximate surface area is 220 Å². The minimum absolute atomic E-state index is 0.296. The van der Waals surface area contributed by atoms with E-state index in [0.717, 1.165) is 23.6 Å². The fourth-order valence-corrected chi connectivity index (χ4v) is 5.08. The maximum absolute atomic E-state index is 9.64. The summed E-state index contributed by atoms with van der Waals surface area (Å²) in [4.78, 5) is 25.3. The number of carboxylic acid groups (broad SMARTS) is 2. The fraction of sp³-hybridized carbons (Fsp3) is 0.385. The molecule has 9 heteroatoms. The highest BCUT2D eigenvalue weighted by Crippen LogP contribution is 2.46. The van der Waals surface area contributed by atoms with Crippen molar-refractivity contribution in [3.8, 4) is 0 Å². The molecule has 2 aliphatic rings. The molecule has 1 saturated heterocycles. The summed E-state index contributed by atoms with van der Waals surface area (Å²) < 4.78 is 30.5. The summed E-state index contributed by atoms with van der Waals surface area (Å²) in [5, 5.41) is 26.0. The molecule has 3 N–H and O–H groups in total. The van der Waals surface area contributed by atoms with Crippen molar-refractivity contribution in [1.29, 1.82) is 0 Å². The van der Waals surface area contributed by atoms with Crippen LogP contribution < -0.4 is 0 Å². The van der Waals surface area contributed by atoms with Crippen molar-refractivity contribution in [3.05, 3.63) is 64.7 Å². The first-order valence-electron chi connectivity index (χ1n) is 13.2. The summed E-state index contributed by atoms with van der Waals surface area (Å²) in [7, 11) is 0. The molecule has 0 unspecified atom stereocenters. The van der Waals surface area contributed by atoms with Crippen LogP contribution in [0.2, 0.25) is 5.02 Å². The number of aliphatic carboxylic acids is 2. The Morgan fingerprint density at radius 3 is 2.26 bits per heavy atom. The van der Waals surface area contributed by atoms with Gasteiger partial charge in [0.15, 0.2) is 0 Å². The molecule has 7 nitrogen and oxygen atoms in total. The molecule has 0 bridgehead atoms. The van der Waals surface area contributed by atoms with Gasteiger partial charge in [-0.2, -0.15) is 0 Å². The van der Waals surface area contributed by atoms with Gasteiger partial charge in [-0.25, -0.2) is 0 Å². The highest BCUT2D eigenvalue weighted by Gasteiger charge is 2.21. The van der Waals surface area contributed by atoms with Gasteiger partial charge < -0.3 is 20.2 Å². The van der Waals surface area contributed by atoms with Gasteiger partial charge in [-0.1, -0.05) is 47.6 Å². The zero-order valence-electron chi connectivity index (χ0n) is 23.1. The second-order valence-corrected chi connectivity index (χ2v) is 9.51. The van der Waals surface area contributed by atoms with Crippen molar-refractivity contribution in [2.75, 3.05) is 45.8 Å². The van der Waals surface area contributed by atoms with Gasteiger partial charge in [0.25, 0.3) is 0 Å². The number of hydrogen-bond acceptors (Lipinski definition) is 6. The molecule has 0 radical (unpaired) electrons. The molecule has 0 amide bonds. The third-order valence-corrected chi connectivity index (χ3v) is 6.94. The van der Waals surface area contributed by atoms with E-state index >= 15 is 0 Å². The second-order valence-electron chi connectivity index (χ2n) is 7.98. The van der Waals surface area contributed by atoms with E-state index in [0.29, 0.717) is 26.2 Å². The molecule has 0 atom stereocenters. The standard InChI is InChI=1S/C22H25ClN2OS.C4H6O4/c23-17-7-8-22-20(16-17)18(19-4-1-2-6-21(19)27-22)5-3-9-24-10-12-25(13-11-24)14-15-26;5-3(6)1-2-4(7)8/h1-2,4-8,16,26H,3,9-15H2;1-2H2,(H,5,6)(H,7,8)/i14D2,15D2;. The largest absolute Gasteiger partial charge is 0.481 e. The molecule has 2 aliphatic heterocycles. The van der Waals surface area contributed by atoms with E-state index in [-0.39, 0.29) is 12.8 Å². The number of halogens is 1. The first-order chi connectivity index (χ1) is 18.3. The highest BCUT2D eigenvalue weighted by molar-refractivity contribution is 7.99. The summed E-state index contributed by atoms with van der Waals surface area (Å²) in [6.45, 7) is -2.43. The SMILES string of the molecule is O=C(O)CCC(=O)O.[2H]C([2H])(O)C([2H])([2H])N1CCN(CCC=C2c3ccccc3Sc3ccc(Cl)cc32)CC1. The fourth-order valence-electron chi connectivity index (χ4n) is 3.82. The molecule has 188 valence electrons. The average molecular weight is 523 g/mol. The van der Waals surface area contributed by atoms with Gasteiger partial charge in [-0.15, -0.1) is 0 Å². The minimum Gasteiger partial charge on any atom is -0.481 e. The molecule has 2 aromatic carbocycles. The van der Waals surface area contributed by atoms with Crippen LogP contribution in [0.1, 0.15) is 35.9 Å². The summed E-state index contributed by atoms with van der Waals surface area (Å²) >= 11 is 8.04. The van der Waals surface area contributed by atoms with Crippen molar-refractivity contribution < 1.29 is 30.4 Å². The Bertz CT molecular complexity index is 1200. The molecule has 35 heavy (non-hydrogen) atoms. The molecule has 4 rings (SSSR count). The van der Waals surface area contributed by atoms with E-state index in [9.17, 15) is 14.7 Å². The van der Waals surface area contributed by atoms with Gasteiger partial charge in [0.05, 0.1) is 22.1 Å². The Kier molecular flexibility index (Phi) is 8.54. The summed E-state index contributed by atoms with van der Waals surface area (Å²) in [5.74, 6) is -2.15. The van der Waals surface area contributed by atoms with Crippen LogP contribution in [0.15, 0.2) is 58.3 Å². The maximum Gasteiger partial charge on any atom is 0.303 e. The third-order valence-electron chi connectivity index (χ3n) is 5.56. The van der Waals surface area contributed by atoms with E-state index in [4.69, 9.17) is 27.3 Å². The number of benzene rings is 2. The lowest BCUT2D eigenvalue weighted by Gasteiger charge is -2.34. The van der Waals surface area contributed by atoms with Crippen molar-refractivity contribution in [1.82, 2.24) is 9.80 Å². The van der Waals surface area contributed by atoms with Crippen LogP contribution in [-0.2, 0) is 9.59 Å². The predicted octanol–water partition coefficient (Wildman–Crippen LogP) is 4.17. The molecule has 2 aromatic rings. The molecular weight excluding hydrogens is 488 g/mol. The van der Waals surface area contributed by atoms with Crippen LogP contribution in [0.5, 0.6) is 0 Å². The highest BCUT2D eigenvalue weighted by atomic mass is 35.5. The van der Waals surface area contributed by atoms with E-state index in [1.165, 1.54) is 25.8 Å². The van der Waals surface area contributed by atoms with E-state index in [1.807, 2.05) is 12.1 Å². The monoisotopic (exact) mass is 522 g/mol. The Balaban J connectivity index is 0.000000459. The topological polar surface area (TPSA) is 101 Å². The number of hydrogen-bond donors (Lipinski definition) is 3. The van der Waals surface area contributed by atoms with Crippen LogP contribution in [0.25, 0.3) is 5.57 Å². The molecule has 2 heterocycles.